The van der Waals surface area contributed by atoms with E-state index in [9.17, 15) is 4.79 Å². The molecule has 4 heteroatoms. The van der Waals surface area contributed by atoms with Crippen LogP contribution in [-0.4, -0.2) is 26.2 Å². The lowest BCUT2D eigenvalue weighted by Crippen LogP contribution is -2.32. The highest BCUT2D eigenvalue weighted by atomic mass is 16.5. The quantitative estimate of drug-likeness (QED) is 0.749. The Bertz CT molecular complexity index is 314. The van der Waals surface area contributed by atoms with Gasteiger partial charge in [-0.2, -0.15) is 0 Å². The van der Waals surface area contributed by atoms with Gasteiger partial charge in [-0.3, -0.25) is 4.79 Å². The molecule has 3 N–H and O–H groups in total. The maximum atomic E-state index is 11.3. The van der Waals surface area contributed by atoms with Crippen molar-refractivity contribution in [1.82, 2.24) is 5.32 Å². The van der Waals surface area contributed by atoms with Gasteiger partial charge in [-0.05, 0) is 5.56 Å². The molecule has 0 aliphatic heterocycles. The van der Waals surface area contributed by atoms with Crippen LogP contribution in [0.15, 0.2) is 30.3 Å². The van der Waals surface area contributed by atoms with Gasteiger partial charge in [-0.25, -0.2) is 0 Å². The van der Waals surface area contributed by atoms with E-state index in [1.165, 1.54) is 0 Å². The average molecular weight is 222 g/mol. The van der Waals surface area contributed by atoms with Gasteiger partial charge in [0.2, 0.25) is 5.91 Å². The molecule has 88 valence electrons. The molecule has 0 aliphatic carbocycles. The molecule has 1 atom stereocenters. The van der Waals surface area contributed by atoms with Crippen LogP contribution < -0.4 is 11.1 Å². The minimum atomic E-state index is -0.160. The molecule has 16 heavy (non-hydrogen) atoms. The summed E-state index contributed by atoms with van der Waals surface area (Å²) in [4.78, 5) is 11.3. The number of carbonyl (C=O) groups is 1. The van der Waals surface area contributed by atoms with Crippen LogP contribution in [0.3, 0.4) is 0 Å². The standard InChI is InChI=1S/C12H18N2O2/c1-16-8-7-12(15)14-9-11(13)10-5-3-2-4-6-10/h2-6,11H,7-9,13H2,1H3,(H,14,15). The Morgan fingerprint density at radius 2 is 2.12 bits per heavy atom. The SMILES string of the molecule is COCCC(=O)NCC(N)c1ccccc1. The summed E-state index contributed by atoms with van der Waals surface area (Å²) in [7, 11) is 1.57. The highest BCUT2D eigenvalue weighted by Crippen LogP contribution is 2.07. The van der Waals surface area contributed by atoms with Crippen molar-refractivity contribution < 1.29 is 9.53 Å². The van der Waals surface area contributed by atoms with E-state index in [0.717, 1.165) is 5.56 Å². The van der Waals surface area contributed by atoms with E-state index in [1.54, 1.807) is 7.11 Å². The molecule has 0 aliphatic rings. The zero-order chi connectivity index (χ0) is 11.8. The molecule has 0 spiro atoms. The predicted octanol–water partition coefficient (Wildman–Crippen LogP) is 0.839. The smallest absolute Gasteiger partial charge is 0.222 e. The maximum absolute atomic E-state index is 11.3. The lowest BCUT2D eigenvalue weighted by Gasteiger charge is -2.12. The normalized spacial score (nSPS) is 12.1. The summed E-state index contributed by atoms with van der Waals surface area (Å²) in [6.45, 7) is 0.888. The average Bonchev–Trinajstić information content (AvgIpc) is 2.34. The second-order valence-electron chi connectivity index (χ2n) is 3.56. The van der Waals surface area contributed by atoms with Gasteiger partial charge in [-0.15, -0.1) is 0 Å². The fourth-order valence-corrected chi connectivity index (χ4v) is 1.33. The fraction of sp³-hybridized carbons (Fsp3) is 0.417. The van der Waals surface area contributed by atoms with E-state index in [-0.39, 0.29) is 11.9 Å². The van der Waals surface area contributed by atoms with Crippen LogP contribution in [0, 0.1) is 0 Å². The van der Waals surface area contributed by atoms with Crippen LogP contribution in [-0.2, 0) is 9.53 Å². The van der Waals surface area contributed by atoms with Crippen molar-refractivity contribution in [3.05, 3.63) is 35.9 Å². The van der Waals surface area contributed by atoms with E-state index in [2.05, 4.69) is 5.32 Å². The zero-order valence-electron chi connectivity index (χ0n) is 9.48. The molecule has 0 saturated carbocycles. The molecule has 0 radical (unpaired) electrons. The Balaban J connectivity index is 2.30. The largest absolute Gasteiger partial charge is 0.384 e. The van der Waals surface area contributed by atoms with Crippen LogP contribution >= 0.6 is 0 Å². The van der Waals surface area contributed by atoms with E-state index in [1.807, 2.05) is 30.3 Å². The number of nitrogens with two attached hydrogens (primary N) is 1. The van der Waals surface area contributed by atoms with Gasteiger partial charge in [0, 0.05) is 26.1 Å². The molecular weight excluding hydrogens is 204 g/mol. The van der Waals surface area contributed by atoms with E-state index < -0.39 is 0 Å². The Labute approximate surface area is 95.8 Å². The molecule has 0 bridgehead atoms. The summed E-state index contributed by atoms with van der Waals surface area (Å²) in [6.07, 6.45) is 0.373. The van der Waals surface area contributed by atoms with Crippen LogP contribution in [0.2, 0.25) is 0 Å². The van der Waals surface area contributed by atoms with Crippen LogP contribution in [0.5, 0.6) is 0 Å². The Morgan fingerprint density at radius 1 is 1.44 bits per heavy atom. The molecule has 1 unspecified atom stereocenters. The van der Waals surface area contributed by atoms with Crippen molar-refractivity contribution in [3.8, 4) is 0 Å². The highest BCUT2D eigenvalue weighted by molar-refractivity contribution is 5.76. The van der Waals surface area contributed by atoms with Gasteiger partial charge in [0.1, 0.15) is 0 Å². The topological polar surface area (TPSA) is 64.3 Å². The third-order valence-electron chi connectivity index (χ3n) is 2.28. The van der Waals surface area contributed by atoms with Crippen molar-refractivity contribution in [3.63, 3.8) is 0 Å². The van der Waals surface area contributed by atoms with Crippen molar-refractivity contribution in [2.45, 2.75) is 12.5 Å². The summed E-state index contributed by atoms with van der Waals surface area (Å²) < 4.78 is 4.81. The van der Waals surface area contributed by atoms with Gasteiger partial charge in [0.25, 0.3) is 0 Å². The van der Waals surface area contributed by atoms with Gasteiger partial charge >= 0.3 is 0 Å². The summed E-state index contributed by atoms with van der Waals surface area (Å²) in [5.74, 6) is -0.0340. The fourth-order valence-electron chi connectivity index (χ4n) is 1.33. The first-order valence-electron chi connectivity index (χ1n) is 5.30. The minimum absolute atomic E-state index is 0.0340. The molecule has 0 fully saturated rings. The second kappa shape index (κ2) is 6.98. The molecule has 1 aromatic rings. The number of rotatable bonds is 6. The maximum Gasteiger partial charge on any atom is 0.222 e. The van der Waals surface area contributed by atoms with Crippen LogP contribution in [0.25, 0.3) is 0 Å². The molecular formula is C12H18N2O2. The third-order valence-corrected chi connectivity index (χ3v) is 2.28. The highest BCUT2D eigenvalue weighted by Gasteiger charge is 2.07. The van der Waals surface area contributed by atoms with Gasteiger partial charge in [0.15, 0.2) is 0 Å². The summed E-state index contributed by atoms with van der Waals surface area (Å²) in [6, 6.07) is 9.54. The second-order valence-corrected chi connectivity index (χ2v) is 3.56. The molecule has 1 amide bonds. The monoisotopic (exact) mass is 222 g/mol. The van der Waals surface area contributed by atoms with E-state index in [4.69, 9.17) is 10.5 Å². The lowest BCUT2D eigenvalue weighted by atomic mass is 10.1. The number of ether oxygens (including phenoxy) is 1. The lowest BCUT2D eigenvalue weighted by molar-refractivity contribution is -0.122. The first kappa shape index (κ1) is 12.7. The first-order chi connectivity index (χ1) is 7.74. The molecule has 0 aromatic heterocycles. The summed E-state index contributed by atoms with van der Waals surface area (Å²) in [5.41, 5.74) is 6.95. The number of nitrogens with one attached hydrogen (secondary N) is 1. The summed E-state index contributed by atoms with van der Waals surface area (Å²) in [5, 5.41) is 2.77. The molecule has 1 aromatic carbocycles. The predicted molar refractivity (Wildman–Crippen MR) is 62.9 cm³/mol. The number of benzene rings is 1. The van der Waals surface area contributed by atoms with E-state index >= 15 is 0 Å². The van der Waals surface area contributed by atoms with Crippen molar-refractivity contribution >= 4 is 5.91 Å². The molecule has 0 saturated heterocycles. The van der Waals surface area contributed by atoms with Gasteiger partial charge < -0.3 is 15.8 Å². The minimum Gasteiger partial charge on any atom is -0.384 e. The molecule has 0 heterocycles. The van der Waals surface area contributed by atoms with Crippen molar-refractivity contribution in [2.24, 2.45) is 5.73 Å². The van der Waals surface area contributed by atoms with Crippen LogP contribution in [0.4, 0.5) is 0 Å². The van der Waals surface area contributed by atoms with E-state index in [0.29, 0.717) is 19.6 Å². The Kier molecular flexibility index (Phi) is 5.53. The van der Waals surface area contributed by atoms with Gasteiger partial charge in [-0.1, -0.05) is 30.3 Å². The first-order valence-corrected chi connectivity index (χ1v) is 5.30. The van der Waals surface area contributed by atoms with Crippen molar-refractivity contribution in [2.75, 3.05) is 20.3 Å². The number of methoxy groups -OCH3 is 1. The number of carbonyl (C=O) groups excluding carboxylic acids is 1. The molecule has 1 rings (SSSR count). The number of hydrogen-bond acceptors (Lipinski definition) is 3. The molecule has 4 nitrogen and oxygen atoms in total. The Morgan fingerprint density at radius 3 is 2.75 bits per heavy atom. The van der Waals surface area contributed by atoms with Crippen molar-refractivity contribution in [1.29, 1.82) is 0 Å². The third kappa shape index (κ3) is 4.42. The number of hydrogen-bond donors (Lipinski definition) is 2. The van der Waals surface area contributed by atoms with Gasteiger partial charge in [0.05, 0.1) is 6.61 Å². The Hall–Kier alpha value is -1.39. The summed E-state index contributed by atoms with van der Waals surface area (Å²) >= 11 is 0. The van der Waals surface area contributed by atoms with Crippen LogP contribution in [0.1, 0.15) is 18.0 Å². The zero-order valence-corrected chi connectivity index (χ0v) is 9.48. The number of amides is 1.